The molecular weight excluding hydrogens is 511 g/mol. The van der Waals surface area contributed by atoms with Crippen molar-refractivity contribution in [3.63, 3.8) is 0 Å². The molecule has 2 aromatic carbocycles. The van der Waals surface area contributed by atoms with Crippen molar-refractivity contribution in [2.75, 3.05) is 31.7 Å². The number of nitrogens with zero attached hydrogens (tertiary/aromatic N) is 6. The molecule has 4 heterocycles. The Labute approximate surface area is 233 Å². The quantitative estimate of drug-likeness (QED) is 0.353. The minimum Gasteiger partial charge on any atom is -0.494 e. The minimum atomic E-state index is -0.457. The summed E-state index contributed by atoms with van der Waals surface area (Å²) in [4.78, 5) is 14.2. The van der Waals surface area contributed by atoms with Gasteiger partial charge in [-0.15, -0.1) is 0 Å². The van der Waals surface area contributed by atoms with E-state index in [4.69, 9.17) is 19.4 Å². The predicted molar refractivity (Wildman–Crippen MR) is 151 cm³/mol. The Morgan fingerprint density at radius 2 is 2.02 bits per heavy atom. The third-order valence-electron chi connectivity index (χ3n) is 7.91. The van der Waals surface area contributed by atoms with Gasteiger partial charge in [-0.3, -0.25) is 9.88 Å². The molecule has 1 unspecified atom stereocenters. The third kappa shape index (κ3) is 4.91. The second kappa shape index (κ2) is 11.1. The summed E-state index contributed by atoms with van der Waals surface area (Å²) in [5.41, 5.74) is 5.95. The SMILES string of the molecule is COc1cc(CO)cc(N2CCN(C(C)C)Cc3c2ccc2ncc(-c4cnn(C5CCCCO5)c4)nc32)c1F. The van der Waals surface area contributed by atoms with Crippen LogP contribution in [0, 0.1) is 5.82 Å². The monoisotopic (exact) mass is 546 g/mol. The first-order valence-electron chi connectivity index (χ1n) is 13.9. The van der Waals surface area contributed by atoms with Crippen LogP contribution in [0.15, 0.2) is 42.9 Å². The molecule has 40 heavy (non-hydrogen) atoms. The zero-order valence-electron chi connectivity index (χ0n) is 23.2. The number of aromatic nitrogens is 4. The van der Waals surface area contributed by atoms with Crippen LogP contribution in [0.4, 0.5) is 15.8 Å². The molecule has 210 valence electrons. The van der Waals surface area contributed by atoms with Gasteiger partial charge in [0.15, 0.2) is 11.6 Å². The van der Waals surface area contributed by atoms with E-state index in [0.717, 1.165) is 66.0 Å². The molecule has 0 radical (unpaired) electrons. The fraction of sp³-hybridized carbons (Fsp3) is 0.433. The molecule has 4 aromatic rings. The van der Waals surface area contributed by atoms with E-state index >= 15 is 4.39 Å². The highest BCUT2D eigenvalue weighted by Crippen LogP contribution is 2.40. The van der Waals surface area contributed by atoms with Crippen molar-refractivity contribution in [3.05, 3.63) is 59.8 Å². The highest BCUT2D eigenvalue weighted by molar-refractivity contribution is 5.87. The van der Waals surface area contributed by atoms with Crippen LogP contribution in [0.2, 0.25) is 0 Å². The van der Waals surface area contributed by atoms with Gasteiger partial charge in [0.05, 0.1) is 48.5 Å². The normalized spacial score (nSPS) is 18.2. The van der Waals surface area contributed by atoms with Crippen LogP contribution in [0.5, 0.6) is 5.75 Å². The van der Waals surface area contributed by atoms with Gasteiger partial charge in [-0.2, -0.15) is 5.10 Å². The van der Waals surface area contributed by atoms with Gasteiger partial charge in [-0.25, -0.2) is 14.1 Å². The standard InChI is InChI=1S/C30H35FN6O3/c1-19(2)35-9-10-36(26-12-20(18-38)13-27(39-3)29(26)31)25-8-7-23-30(22(25)17-35)34-24(15-32-23)21-14-33-37(16-21)28-6-4-5-11-40-28/h7-8,12-16,19,28,38H,4-6,9-11,17-18H2,1-3H3. The van der Waals surface area contributed by atoms with Crippen molar-refractivity contribution < 1.29 is 19.0 Å². The van der Waals surface area contributed by atoms with Crippen LogP contribution in [0.1, 0.15) is 50.5 Å². The van der Waals surface area contributed by atoms with Gasteiger partial charge in [0.1, 0.15) is 6.23 Å². The maximum absolute atomic E-state index is 15.7. The average Bonchev–Trinajstić information content (AvgIpc) is 3.39. The zero-order chi connectivity index (χ0) is 27.8. The molecule has 1 N–H and O–H groups in total. The largest absolute Gasteiger partial charge is 0.494 e. The molecular formula is C30H35FN6O3. The predicted octanol–water partition coefficient (Wildman–Crippen LogP) is 5.19. The number of aliphatic hydroxyl groups is 1. The number of ether oxygens (including phenoxy) is 2. The Balaban J connectivity index is 1.47. The maximum Gasteiger partial charge on any atom is 0.188 e. The van der Waals surface area contributed by atoms with Crippen molar-refractivity contribution in [3.8, 4) is 17.0 Å². The average molecular weight is 547 g/mol. The molecule has 1 fully saturated rings. The molecule has 2 aliphatic heterocycles. The van der Waals surface area contributed by atoms with E-state index in [1.807, 2.05) is 34.1 Å². The number of rotatable bonds is 6. The molecule has 0 saturated carbocycles. The second-order valence-electron chi connectivity index (χ2n) is 10.7. The number of fused-ring (bicyclic) bond motifs is 3. The Morgan fingerprint density at radius 1 is 1.15 bits per heavy atom. The van der Waals surface area contributed by atoms with Crippen LogP contribution < -0.4 is 9.64 Å². The summed E-state index contributed by atoms with van der Waals surface area (Å²) in [6.45, 7) is 6.79. The number of methoxy groups -OCH3 is 1. The van der Waals surface area contributed by atoms with Crippen LogP contribution >= 0.6 is 0 Å². The van der Waals surface area contributed by atoms with E-state index in [1.54, 1.807) is 12.3 Å². The summed E-state index contributed by atoms with van der Waals surface area (Å²) in [7, 11) is 1.44. The number of halogens is 1. The first kappa shape index (κ1) is 26.6. The molecule has 0 aliphatic carbocycles. The highest BCUT2D eigenvalue weighted by atomic mass is 19.1. The lowest BCUT2D eigenvalue weighted by Crippen LogP contribution is -2.34. The smallest absolute Gasteiger partial charge is 0.188 e. The van der Waals surface area contributed by atoms with E-state index in [2.05, 4.69) is 23.8 Å². The lowest BCUT2D eigenvalue weighted by atomic mass is 10.1. The van der Waals surface area contributed by atoms with Crippen molar-refractivity contribution >= 4 is 22.4 Å². The summed E-state index contributed by atoms with van der Waals surface area (Å²) < 4.78 is 28.8. The van der Waals surface area contributed by atoms with Gasteiger partial charge < -0.3 is 19.5 Å². The van der Waals surface area contributed by atoms with Gasteiger partial charge >= 0.3 is 0 Å². The van der Waals surface area contributed by atoms with Crippen molar-refractivity contribution in [2.24, 2.45) is 0 Å². The molecule has 0 bridgehead atoms. The fourth-order valence-electron chi connectivity index (χ4n) is 5.63. The first-order chi connectivity index (χ1) is 19.5. The van der Waals surface area contributed by atoms with E-state index in [1.165, 1.54) is 13.2 Å². The molecule has 6 rings (SSSR count). The van der Waals surface area contributed by atoms with E-state index < -0.39 is 5.82 Å². The third-order valence-corrected chi connectivity index (χ3v) is 7.91. The van der Waals surface area contributed by atoms with E-state index in [0.29, 0.717) is 24.3 Å². The summed E-state index contributed by atoms with van der Waals surface area (Å²) in [5.74, 6) is -0.351. The molecule has 10 heteroatoms. The Morgan fingerprint density at radius 3 is 2.77 bits per heavy atom. The van der Waals surface area contributed by atoms with Gasteiger partial charge in [0.2, 0.25) is 0 Å². The molecule has 1 saturated heterocycles. The van der Waals surface area contributed by atoms with Crippen LogP contribution in [-0.4, -0.2) is 62.6 Å². The fourth-order valence-corrected chi connectivity index (χ4v) is 5.63. The van der Waals surface area contributed by atoms with Crippen LogP contribution in [-0.2, 0) is 17.9 Å². The van der Waals surface area contributed by atoms with Crippen molar-refractivity contribution in [2.45, 2.75) is 58.5 Å². The lowest BCUT2D eigenvalue weighted by molar-refractivity contribution is -0.0394. The first-order valence-corrected chi connectivity index (χ1v) is 13.9. The Hall–Kier alpha value is -3.60. The van der Waals surface area contributed by atoms with Gasteiger partial charge in [-0.1, -0.05) is 0 Å². The Kier molecular flexibility index (Phi) is 7.39. The number of hydrogen-bond donors (Lipinski definition) is 1. The summed E-state index contributed by atoms with van der Waals surface area (Å²) in [5, 5.41) is 14.4. The summed E-state index contributed by atoms with van der Waals surface area (Å²) >= 11 is 0. The van der Waals surface area contributed by atoms with E-state index in [9.17, 15) is 5.11 Å². The molecule has 0 amide bonds. The van der Waals surface area contributed by atoms with Gasteiger partial charge in [-0.05, 0) is 62.9 Å². The molecule has 2 aromatic heterocycles. The van der Waals surface area contributed by atoms with Crippen LogP contribution in [0.3, 0.4) is 0 Å². The topological polar surface area (TPSA) is 88.8 Å². The number of benzene rings is 2. The van der Waals surface area contributed by atoms with Crippen molar-refractivity contribution in [1.82, 2.24) is 24.6 Å². The number of aliphatic hydroxyl groups excluding tert-OH is 1. The molecule has 9 nitrogen and oxygen atoms in total. The maximum atomic E-state index is 15.7. The second-order valence-corrected chi connectivity index (χ2v) is 10.7. The minimum absolute atomic E-state index is 0.0538. The Bertz CT molecular complexity index is 1520. The van der Waals surface area contributed by atoms with Crippen LogP contribution in [0.25, 0.3) is 22.3 Å². The van der Waals surface area contributed by atoms with E-state index in [-0.39, 0.29) is 24.6 Å². The summed E-state index contributed by atoms with van der Waals surface area (Å²) in [6.07, 6.45) is 8.66. The molecule has 1 atom stereocenters. The number of anilines is 2. The zero-order valence-corrected chi connectivity index (χ0v) is 23.2. The van der Waals surface area contributed by atoms with Gasteiger partial charge in [0, 0.05) is 55.3 Å². The lowest BCUT2D eigenvalue weighted by Gasteiger charge is -2.27. The molecule has 2 aliphatic rings. The van der Waals surface area contributed by atoms with Crippen molar-refractivity contribution in [1.29, 1.82) is 0 Å². The molecule has 0 spiro atoms. The number of hydrogen-bond acceptors (Lipinski definition) is 8. The summed E-state index contributed by atoms with van der Waals surface area (Å²) in [6, 6.07) is 7.44. The highest BCUT2D eigenvalue weighted by Gasteiger charge is 2.28. The van der Waals surface area contributed by atoms with Gasteiger partial charge in [0.25, 0.3) is 0 Å².